The average molecular weight is 271 g/mol. The molecule has 0 aliphatic carbocycles. The van der Waals surface area contributed by atoms with Crippen molar-refractivity contribution < 1.29 is 9.18 Å². The number of carbonyl (C=O) groups is 1. The summed E-state index contributed by atoms with van der Waals surface area (Å²) in [6.45, 7) is 3.29. The van der Waals surface area contributed by atoms with Crippen molar-refractivity contribution in [1.82, 2.24) is 10.2 Å². The van der Waals surface area contributed by atoms with Crippen molar-refractivity contribution in [2.24, 2.45) is 0 Å². The molecule has 3 nitrogen and oxygen atoms in total. The van der Waals surface area contributed by atoms with Gasteiger partial charge in [0.2, 0.25) is 5.91 Å². The topological polar surface area (TPSA) is 32.3 Å². The predicted molar refractivity (Wildman–Crippen MR) is 69.2 cm³/mol. The molecule has 0 spiro atoms. The number of hydrogen-bond donors (Lipinski definition) is 1. The summed E-state index contributed by atoms with van der Waals surface area (Å²) >= 11 is 5.70. The van der Waals surface area contributed by atoms with Gasteiger partial charge in [0.25, 0.3) is 0 Å². The van der Waals surface area contributed by atoms with Crippen LogP contribution in [0.25, 0.3) is 0 Å². The molecule has 0 radical (unpaired) electrons. The maximum absolute atomic E-state index is 13.0. The first kappa shape index (κ1) is 13.3. The number of nitrogens with zero attached hydrogens (tertiary/aromatic N) is 1. The van der Waals surface area contributed by atoms with Crippen LogP contribution in [-0.4, -0.2) is 37.0 Å². The van der Waals surface area contributed by atoms with E-state index in [2.05, 4.69) is 5.32 Å². The van der Waals surface area contributed by atoms with Gasteiger partial charge in [-0.3, -0.25) is 4.79 Å². The SMILES string of the molecule is O=C(Cc1ccc(F)c(Cl)c1)N1CCCNCC1. The molecule has 1 N–H and O–H groups in total. The molecule has 1 aromatic rings. The molecule has 0 atom stereocenters. The Labute approximate surface area is 111 Å². The number of nitrogens with one attached hydrogen (secondary N) is 1. The van der Waals surface area contributed by atoms with Crippen LogP contribution in [0.5, 0.6) is 0 Å². The van der Waals surface area contributed by atoms with E-state index in [1.54, 1.807) is 6.07 Å². The number of halogens is 2. The van der Waals surface area contributed by atoms with E-state index in [1.165, 1.54) is 12.1 Å². The first-order valence-corrected chi connectivity index (χ1v) is 6.47. The highest BCUT2D eigenvalue weighted by molar-refractivity contribution is 6.30. The van der Waals surface area contributed by atoms with Crippen molar-refractivity contribution >= 4 is 17.5 Å². The normalized spacial score (nSPS) is 16.4. The quantitative estimate of drug-likeness (QED) is 0.889. The Morgan fingerprint density at radius 1 is 1.39 bits per heavy atom. The minimum Gasteiger partial charge on any atom is -0.341 e. The molecular formula is C13H16ClFN2O. The lowest BCUT2D eigenvalue weighted by Gasteiger charge is -2.20. The average Bonchev–Trinajstić information content (AvgIpc) is 2.62. The second kappa shape index (κ2) is 6.16. The Balaban J connectivity index is 1.99. The van der Waals surface area contributed by atoms with Gasteiger partial charge in [0.1, 0.15) is 5.82 Å². The lowest BCUT2D eigenvalue weighted by Crippen LogP contribution is -2.35. The summed E-state index contributed by atoms with van der Waals surface area (Å²) in [6, 6.07) is 4.43. The molecular weight excluding hydrogens is 255 g/mol. The first-order valence-electron chi connectivity index (χ1n) is 6.09. The highest BCUT2D eigenvalue weighted by atomic mass is 35.5. The highest BCUT2D eigenvalue weighted by Crippen LogP contribution is 2.17. The summed E-state index contributed by atoms with van der Waals surface area (Å²) in [4.78, 5) is 13.9. The van der Waals surface area contributed by atoms with Crippen LogP contribution in [0.1, 0.15) is 12.0 Å². The second-order valence-electron chi connectivity index (χ2n) is 4.41. The Kier molecular flexibility index (Phi) is 4.55. The fourth-order valence-corrected chi connectivity index (χ4v) is 2.23. The molecule has 1 aliphatic rings. The van der Waals surface area contributed by atoms with Crippen LogP contribution < -0.4 is 5.32 Å². The van der Waals surface area contributed by atoms with Gasteiger partial charge in [0.05, 0.1) is 11.4 Å². The fourth-order valence-electron chi connectivity index (χ4n) is 2.03. The van der Waals surface area contributed by atoms with Crippen molar-refractivity contribution in [3.8, 4) is 0 Å². The van der Waals surface area contributed by atoms with Crippen LogP contribution in [0.15, 0.2) is 18.2 Å². The number of amides is 1. The van der Waals surface area contributed by atoms with Gasteiger partial charge in [-0.25, -0.2) is 4.39 Å². The molecule has 98 valence electrons. The Morgan fingerprint density at radius 2 is 2.22 bits per heavy atom. The summed E-state index contributed by atoms with van der Waals surface area (Å²) < 4.78 is 13.0. The molecule has 1 saturated heterocycles. The molecule has 5 heteroatoms. The summed E-state index contributed by atoms with van der Waals surface area (Å²) in [5.41, 5.74) is 0.753. The third-order valence-corrected chi connectivity index (χ3v) is 3.32. The number of carbonyl (C=O) groups excluding carboxylic acids is 1. The van der Waals surface area contributed by atoms with Crippen LogP contribution >= 0.6 is 11.6 Å². The van der Waals surface area contributed by atoms with E-state index in [4.69, 9.17) is 11.6 Å². The van der Waals surface area contributed by atoms with E-state index in [1.807, 2.05) is 4.90 Å². The Bertz CT molecular complexity index is 431. The van der Waals surface area contributed by atoms with Crippen molar-refractivity contribution in [2.45, 2.75) is 12.8 Å². The number of rotatable bonds is 2. The fraction of sp³-hybridized carbons (Fsp3) is 0.462. The van der Waals surface area contributed by atoms with Crippen LogP contribution in [-0.2, 0) is 11.2 Å². The molecule has 1 fully saturated rings. The third-order valence-electron chi connectivity index (χ3n) is 3.03. The lowest BCUT2D eigenvalue weighted by molar-refractivity contribution is -0.130. The molecule has 0 bridgehead atoms. The summed E-state index contributed by atoms with van der Waals surface area (Å²) in [7, 11) is 0. The van der Waals surface area contributed by atoms with E-state index in [9.17, 15) is 9.18 Å². The van der Waals surface area contributed by atoms with E-state index in [0.29, 0.717) is 0 Å². The smallest absolute Gasteiger partial charge is 0.227 e. The number of hydrogen-bond acceptors (Lipinski definition) is 2. The van der Waals surface area contributed by atoms with E-state index in [0.717, 1.165) is 38.2 Å². The molecule has 0 unspecified atom stereocenters. The number of benzene rings is 1. The van der Waals surface area contributed by atoms with Crippen molar-refractivity contribution in [3.63, 3.8) is 0 Å². The van der Waals surface area contributed by atoms with Crippen LogP contribution in [0.3, 0.4) is 0 Å². The van der Waals surface area contributed by atoms with Crippen LogP contribution in [0.4, 0.5) is 4.39 Å². The standard InChI is InChI=1S/C13H16ClFN2O/c14-11-8-10(2-3-12(11)15)9-13(18)17-6-1-4-16-5-7-17/h2-3,8,16H,1,4-7,9H2. The first-order chi connectivity index (χ1) is 8.66. The van der Waals surface area contributed by atoms with Gasteiger partial charge in [0.15, 0.2) is 0 Å². The summed E-state index contributed by atoms with van der Waals surface area (Å²) in [5, 5.41) is 3.32. The maximum Gasteiger partial charge on any atom is 0.227 e. The molecule has 1 aromatic carbocycles. The van der Waals surface area contributed by atoms with E-state index >= 15 is 0 Å². The van der Waals surface area contributed by atoms with Crippen molar-refractivity contribution in [2.75, 3.05) is 26.2 Å². The van der Waals surface area contributed by atoms with Gasteiger partial charge in [-0.15, -0.1) is 0 Å². The van der Waals surface area contributed by atoms with Gasteiger partial charge in [-0.2, -0.15) is 0 Å². The zero-order chi connectivity index (χ0) is 13.0. The molecule has 1 aliphatic heterocycles. The predicted octanol–water partition coefficient (Wildman–Crippen LogP) is 1.84. The zero-order valence-electron chi connectivity index (χ0n) is 10.1. The van der Waals surface area contributed by atoms with Crippen molar-refractivity contribution in [1.29, 1.82) is 0 Å². The van der Waals surface area contributed by atoms with Crippen molar-refractivity contribution in [3.05, 3.63) is 34.6 Å². The van der Waals surface area contributed by atoms with Gasteiger partial charge < -0.3 is 10.2 Å². The molecule has 0 saturated carbocycles. The third kappa shape index (κ3) is 3.43. The largest absolute Gasteiger partial charge is 0.341 e. The van der Waals surface area contributed by atoms with Gasteiger partial charge in [-0.05, 0) is 30.7 Å². The molecule has 0 aromatic heterocycles. The summed E-state index contributed by atoms with van der Waals surface area (Å²) in [6.07, 6.45) is 1.25. The highest BCUT2D eigenvalue weighted by Gasteiger charge is 2.15. The van der Waals surface area contributed by atoms with Gasteiger partial charge in [0, 0.05) is 19.6 Å². The molecule has 2 rings (SSSR count). The minimum atomic E-state index is -0.452. The molecule has 1 heterocycles. The van der Waals surface area contributed by atoms with Crippen LogP contribution in [0, 0.1) is 5.82 Å². The van der Waals surface area contributed by atoms with E-state index < -0.39 is 5.82 Å². The Hall–Kier alpha value is -1.13. The molecule has 18 heavy (non-hydrogen) atoms. The lowest BCUT2D eigenvalue weighted by atomic mass is 10.1. The zero-order valence-corrected chi connectivity index (χ0v) is 10.8. The Morgan fingerprint density at radius 3 is 3.00 bits per heavy atom. The summed E-state index contributed by atoms with van der Waals surface area (Å²) in [5.74, 6) is -0.381. The monoisotopic (exact) mass is 270 g/mol. The second-order valence-corrected chi connectivity index (χ2v) is 4.82. The minimum absolute atomic E-state index is 0.0674. The van der Waals surface area contributed by atoms with Crippen LogP contribution in [0.2, 0.25) is 5.02 Å². The van der Waals surface area contributed by atoms with Gasteiger partial charge in [-0.1, -0.05) is 17.7 Å². The maximum atomic E-state index is 13.0. The molecule has 1 amide bonds. The van der Waals surface area contributed by atoms with E-state index in [-0.39, 0.29) is 17.4 Å². The van der Waals surface area contributed by atoms with Gasteiger partial charge >= 0.3 is 0 Å².